The molecule has 0 saturated carbocycles. The molecule has 0 spiro atoms. The summed E-state index contributed by atoms with van der Waals surface area (Å²) >= 11 is 1.55. The molecule has 1 rings (SSSR count). The Morgan fingerprint density at radius 2 is 2.26 bits per heavy atom. The first kappa shape index (κ1) is 16.0. The number of benzene rings is 1. The Morgan fingerprint density at radius 3 is 2.89 bits per heavy atom. The van der Waals surface area contributed by atoms with Crippen molar-refractivity contribution in [2.45, 2.75) is 37.1 Å². The Labute approximate surface area is 117 Å². The van der Waals surface area contributed by atoms with Gasteiger partial charge in [-0.25, -0.2) is 4.39 Å². The van der Waals surface area contributed by atoms with Crippen molar-refractivity contribution in [1.82, 2.24) is 0 Å². The summed E-state index contributed by atoms with van der Waals surface area (Å²) in [7, 11) is 0. The van der Waals surface area contributed by atoms with Crippen LogP contribution in [0.25, 0.3) is 0 Å². The number of nitrogens with two attached hydrogens (primary N) is 1. The average Bonchev–Trinajstić information content (AvgIpc) is 2.35. The van der Waals surface area contributed by atoms with E-state index >= 15 is 0 Å². The van der Waals surface area contributed by atoms with Gasteiger partial charge in [0.05, 0.1) is 6.61 Å². The molecule has 0 aliphatic heterocycles. The van der Waals surface area contributed by atoms with E-state index in [1.807, 2.05) is 6.07 Å². The highest BCUT2D eigenvalue weighted by Crippen LogP contribution is 2.21. The van der Waals surface area contributed by atoms with Crippen molar-refractivity contribution in [1.29, 1.82) is 0 Å². The Bertz CT molecular complexity index is 424. The van der Waals surface area contributed by atoms with Gasteiger partial charge < -0.3 is 10.5 Å². The second kappa shape index (κ2) is 7.50. The van der Waals surface area contributed by atoms with Crippen LogP contribution < -0.4 is 5.73 Å². The number of esters is 1. The zero-order valence-corrected chi connectivity index (χ0v) is 12.1. The smallest absolute Gasteiger partial charge is 0.325 e. The van der Waals surface area contributed by atoms with E-state index in [0.717, 1.165) is 17.1 Å². The van der Waals surface area contributed by atoms with Crippen LogP contribution in [0.2, 0.25) is 0 Å². The van der Waals surface area contributed by atoms with E-state index in [-0.39, 0.29) is 11.8 Å². The van der Waals surface area contributed by atoms with Gasteiger partial charge in [-0.15, -0.1) is 11.8 Å². The summed E-state index contributed by atoms with van der Waals surface area (Å²) in [5, 5.41) is 0. The van der Waals surface area contributed by atoms with E-state index in [1.165, 1.54) is 12.1 Å². The molecule has 106 valence electrons. The van der Waals surface area contributed by atoms with Crippen LogP contribution in [0.4, 0.5) is 4.39 Å². The van der Waals surface area contributed by atoms with Crippen LogP contribution in [-0.4, -0.2) is 23.9 Å². The molecule has 1 unspecified atom stereocenters. The van der Waals surface area contributed by atoms with Crippen LogP contribution in [0.15, 0.2) is 29.2 Å². The second-order valence-corrected chi connectivity index (χ2v) is 5.72. The van der Waals surface area contributed by atoms with Crippen LogP contribution >= 0.6 is 11.8 Å². The molecule has 0 aliphatic rings. The molecule has 0 radical (unpaired) electrons. The summed E-state index contributed by atoms with van der Waals surface area (Å²) in [5.74, 6) is 0.182. The molecule has 2 N–H and O–H groups in total. The predicted molar refractivity (Wildman–Crippen MR) is 75.6 cm³/mol. The highest BCUT2D eigenvalue weighted by Gasteiger charge is 2.29. The molecule has 5 heteroatoms. The number of halogens is 1. The van der Waals surface area contributed by atoms with Crippen molar-refractivity contribution in [2.24, 2.45) is 5.73 Å². The molecule has 0 heterocycles. The SMILES string of the molecule is CCOC(=O)C(C)(N)CCCSc1cccc(F)c1. The van der Waals surface area contributed by atoms with Crippen LogP contribution in [-0.2, 0) is 9.53 Å². The lowest BCUT2D eigenvalue weighted by atomic mass is 9.98. The van der Waals surface area contributed by atoms with Gasteiger partial charge in [0.1, 0.15) is 11.4 Å². The highest BCUT2D eigenvalue weighted by atomic mass is 32.2. The van der Waals surface area contributed by atoms with Crippen LogP contribution in [0.3, 0.4) is 0 Å². The number of carbonyl (C=O) groups excluding carboxylic acids is 1. The minimum Gasteiger partial charge on any atom is -0.465 e. The summed E-state index contributed by atoms with van der Waals surface area (Å²) < 4.78 is 17.9. The molecule has 0 amide bonds. The minimum atomic E-state index is -0.946. The highest BCUT2D eigenvalue weighted by molar-refractivity contribution is 7.99. The number of hydrogen-bond donors (Lipinski definition) is 1. The quantitative estimate of drug-likeness (QED) is 0.475. The third-order valence-corrected chi connectivity index (χ3v) is 3.73. The Hall–Kier alpha value is -1.07. The fraction of sp³-hybridized carbons (Fsp3) is 0.500. The normalized spacial score (nSPS) is 13.9. The zero-order chi connectivity index (χ0) is 14.3. The first-order valence-corrected chi connectivity index (χ1v) is 7.29. The zero-order valence-electron chi connectivity index (χ0n) is 11.3. The lowest BCUT2D eigenvalue weighted by molar-refractivity contribution is -0.149. The maximum absolute atomic E-state index is 13.0. The van der Waals surface area contributed by atoms with Crippen molar-refractivity contribution in [3.05, 3.63) is 30.1 Å². The summed E-state index contributed by atoms with van der Waals surface area (Å²) in [6.07, 6.45) is 1.32. The topological polar surface area (TPSA) is 52.3 Å². The number of rotatable bonds is 7. The van der Waals surface area contributed by atoms with E-state index in [1.54, 1.807) is 31.7 Å². The monoisotopic (exact) mass is 285 g/mol. The fourth-order valence-electron chi connectivity index (χ4n) is 1.58. The third kappa shape index (κ3) is 5.61. The summed E-state index contributed by atoms with van der Waals surface area (Å²) in [5.41, 5.74) is 4.96. The summed E-state index contributed by atoms with van der Waals surface area (Å²) in [4.78, 5) is 12.5. The lowest BCUT2D eigenvalue weighted by Crippen LogP contribution is -2.46. The third-order valence-electron chi connectivity index (χ3n) is 2.65. The van der Waals surface area contributed by atoms with E-state index in [2.05, 4.69) is 0 Å². The fourth-order valence-corrected chi connectivity index (χ4v) is 2.48. The first-order valence-electron chi connectivity index (χ1n) is 6.30. The van der Waals surface area contributed by atoms with Gasteiger partial charge in [-0.3, -0.25) is 4.79 Å². The van der Waals surface area contributed by atoms with Crippen LogP contribution in [0, 0.1) is 5.82 Å². The number of thioether (sulfide) groups is 1. The standard InChI is InChI=1S/C14H20FNO2S/c1-3-18-13(17)14(2,16)8-5-9-19-12-7-4-6-11(15)10-12/h4,6-7,10H,3,5,8-9,16H2,1-2H3. The van der Waals surface area contributed by atoms with E-state index in [0.29, 0.717) is 13.0 Å². The molecular formula is C14H20FNO2S. The average molecular weight is 285 g/mol. The minimum absolute atomic E-state index is 0.236. The number of carbonyl (C=O) groups is 1. The molecule has 1 aromatic carbocycles. The summed E-state index contributed by atoms with van der Waals surface area (Å²) in [6, 6.07) is 6.46. The molecular weight excluding hydrogens is 265 g/mol. The second-order valence-electron chi connectivity index (χ2n) is 4.55. The molecule has 0 bridgehead atoms. The van der Waals surface area contributed by atoms with Crippen LogP contribution in [0.1, 0.15) is 26.7 Å². The maximum atomic E-state index is 13.0. The van der Waals surface area contributed by atoms with E-state index < -0.39 is 5.54 Å². The van der Waals surface area contributed by atoms with Gasteiger partial charge in [0.25, 0.3) is 0 Å². The van der Waals surface area contributed by atoms with Gasteiger partial charge in [0, 0.05) is 4.90 Å². The van der Waals surface area contributed by atoms with Gasteiger partial charge in [-0.05, 0) is 50.6 Å². The molecule has 3 nitrogen and oxygen atoms in total. The van der Waals surface area contributed by atoms with Crippen molar-refractivity contribution < 1.29 is 13.9 Å². The van der Waals surface area contributed by atoms with Crippen molar-refractivity contribution in [3.8, 4) is 0 Å². The van der Waals surface area contributed by atoms with Gasteiger partial charge in [0.15, 0.2) is 0 Å². The molecule has 1 aromatic rings. The summed E-state index contributed by atoms with van der Waals surface area (Å²) in [6.45, 7) is 3.77. The molecule has 0 fully saturated rings. The van der Waals surface area contributed by atoms with Crippen LogP contribution in [0.5, 0.6) is 0 Å². The lowest BCUT2D eigenvalue weighted by Gasteiger charge is -2.21. The largest absolute Gasteiger partial charge is 0.465 e. The molecule has 0 aromatic heterocycles. The van der Waals surface area contributed by atoms with Crippen molar-refractivity contribution in [3.63, 3.8) is 0 Å². The Kier molecular flexibility index (Phi) is 6.31. The van der Waals surface area contributed by atoms with Gasteiger partial charge in [-0.2, -0.15) is 0 Å². The van der Waals surface area contributed by atoms with E-state index in [4.69, 9.17) is 10.5 Å². The van der Waals surface area contributed by atoms with Gasteiger partial charge in [0.2, 0.25) is 0 Å². The van der Waals surface area contributed by atoms with E-state index in [9.17, 15) is 9.18 Å². The first-order chi connectivity index (χ1) is 8.95. The molecule has 0 saturated heterocycles. The number of hydrogen-bond acceptors (Lipinski definition) is 4. The molecule has 0 aliphatic carbocycles. The van der Waals surface area contributed by atoms with Crippen molar-refractivity contribution in [2.75, 3.05) is 12.4 Å². The van der Waals surface area contributed by atoms with Crippen molar-refractivity contribution >= 4 is 17.7 Å². The predicted octanol–water partition coefficient (Wildman–Crippen LogP) is 2.98. The molecule has 19 heavy (non-hydrogen) atoms. The number of ether oxygens (including phenoxy) is 1. The Balaban J connectivity index is 2.32. The Morgan fingerprint density at radius 1 is 1.53 bits per heavy atom. The van der Waals surface area contributed by atoms with Gasteiger partial charge >= 0.3 is 5.97 Å². The maximum Gasteiger partial charge on any atom is 0.325 e. The molecule has 1 atom stereocenters. The van der Waals surface area contributed by atoms with Gasteiger partial charge in [-0.1, -0.05) is 6.07 Å².